The van der Waals surface area contributed by atoms with Gasteiger partial charge in [0.15, 0.2) is 0 Å². The summed E-state index contributed by atoms with van der Waals surface area (Å²) in [6.07, 6.45) is 14.1. The van der Waals surface area contributed by atoms with Gasteiger partial charge in [0.05, 0.1) is 25.3 Å². The van der Waals surface area contributed by atoms with Gasteiger partial charge in [-0.15, -0.1) is 0 Å². The topological polar surface area (TPSA) is 72.3 Å². The smallest absolute Gasteiger partial charge is 0.224 e. The molecule has 2 aromatic rings. The van der Waals surface area contributed by atoms with Crippen molar-refractivity contribution in [1.29, 1.82) is 0 Å². The number of hydrogen-bond donors (Lipinski definition) is 1. The number of ether oxygens (including phenoxy) is 1. The number of aromatic nitrogens is 3. The summed E-state index contributed by atoms with van der Waals surface area (Å²) >= 11 is 0. The number of hydrogen-bond acceptors (Lipinski definition) is 5. The van der Waals surface area contributed by atoms with Crippen molar-refractivity contribution in [2.24, 2.45) is 18.9 Å². The van der Waals surface area contributed by atoms with Gasteiger partial charge in [-0.1, -0.05) is 19.3 Å². The third-order valence-electron chi connectivity index (χ3n) is 6.34. The zero-order valence-corrected chi connectivity index (χ0v) is 17.9. The Bertz CT molecular complexity index is 803. The maximum absolute atomic E-state index is 13.1. The lowest BCUT2D eigenvalue weighted by Gasteiger charge is -2.37. The Morgan fingerprint density at radius 3 is 2.83 bits per heavy atom. The van der Waals surface area contributed by atoms with Crippen LogP contribution in [0.4, 0.5) is 0 Å². The summed E-state index contributed by atoms with van der Waals surface area (Å²) in [6.45, 7) is 3.02. The van der Waals surface area contributed by atoms with Crippen molar-refractivity contribution in [3.05, 3.63) is 42.7 Å². The first-order chi connectivity index (χ1) is 14.7. The van der Waals surface area contributed by atoms with Crippen LogP contribution >= 0.6 is 0 Å². The molecule has 7 heteroatoms. The second kappa shape index (κ2) is 10.1. The molecular weight excluding hydrogens is 378 g/mol. The van der Waals surface area contributed by atoms with Crippen LogP contribution in [-0.4, -0.2) is 51.1 Å². The highest BCUT2D eigenvalue weighted by molar-refractivity contribution is 5.79. The number of likely N-dealkylation sites (tertiary alicyclic amines) is 1. The summed E-state index contributed by atoms with van der Waals surface area (Å²) in [7, 11) is 2.02. The molecule has 162 valence electrons. The number of amides is 1. The second-order valence-electron chi connectivity index (χ2n) is 8.79. The monoisotopic (exact) mass is 411 g/mol. The van der Waals surface area contributed by atoms with Gasteiger partial charge in [-0.05, 0) is 31.4 Å². The molecule has 0 radical (unpaired) electrons. The molecule has 1 aliphatic carbocycles. The number of carbonyl (C=O) groups is 1. The zero-order valence-electron chi connectivity index (χ0n) is 17.9. The molecule has 3 heterocycles. The zero-order chi connectivity index (χ0) is 20.8. The van der Waals surface area contributed by atoms with E-state index in [9.17, 15) is 4.79 Å². The van der Waals surface area contributed by atoms with Crippen LogP contribution in [0.25, 0.3) is 0 Å². The lowest BCUT2D eigenvalue weighted by molar-refractivity contribution is -0.128. The molecule has 1 N–H and O–H groups in total. The molecule has 1 saturated carbocycles. The van der Waals surface area contributed by atoms with Crippen LogP contribution in [0.1, 0.15) is 44.3 Å². The fourth-order valence-electron chi connectivity index (χ4n) is 4.70. The van der Waals surface area contributed by atoms with Crippen molar-refractivity contribution < 1.29 is 9.53 Å². The van der Waals surface area contributed by atoms with Crippen LogP contribution in [0.2, 0.25) is 0 Å². The summed E-state index contributed by atoms with van der Waals surface area (Å²) < 4.78 is 8.04. The molecule has 4 rings (SSSR count). The van der Waals surface area contributed by atoms with Gasteiger partial charge >= 0.3 is 0 Å². The van der Waals surface area contributed by atoms with E-state index in [2.05, 4.69) is 20.2 Å². The normalized spacial score (nSPS) is 23.2. The van der Waals surface area contributed by atoms with E-state index in [0.717, 1.165) is 50.5 Å². The first kappa shape index (κ1) is 20.8. The van der Waals surface area contributed by atoms with Crippen LogP contribution in [0.3, 0.4) is 0 Å². The van der Waals surface area contributed by atoms with Gasteiger partial charge in [0, 0.05) is 50.7 Å². The minimum absolute atomic E-state index is 0.0107. The Morgan fingerprint density at radius 2 is 2.10 bits per heavy atom. The third kappa shape index (κ3) is 5.59. The molecule has 0 bridgehead atoms. The molecular formula is C23H33N5O2. The Balaban J connectivity index is 1.40. The van der Waals surface area contributed by atoms with Crippen LogP contribution in [0.15, 0.2) is 36.9 Å². The molecule has 30 heavy (non-hydrogen) atoms. The minimum atomic E-state index is -0.0107. The van der Waals surface area contributed by atoms with Gasteiger partial charge in [-0.25, -0.2) is 4.98 Å². The Labute approximate surface area is 178 Å². The van der Waals surface area contributed by atoms with Crippen LogP contribution < -0.4 is 10.1 Å². The fraction of sp³-hybridized carbons (Fsp3) is 0.609. The predicted octanol–water partition coefficient (Wildman–Crippen LogP) is 2.78. The van der Waals surface area contributed by atoms with Gasteiger partial charge in [0.2, 0.25) is 5.91 Å². The summed E-state index contributed by atoms with van der Waals surface area (Å²) in [5.41, 5.74) is 0. The van der Waals surface area contributed by atoms with Gasteiger partial charge < -0.3 is 14.6 Å². The molecule has 7 nitrogen and oxygen atoms in total. The average Bonchev–Trinajstić information content (AvgIpc) is 3.18. The lowest BCUT2D eigenvalue weighted by atomic mass is 9.88. The minimum Gasteiger partial charge on any atom is -0.492 e. The summed E-state index contributed by atoms with van der Waals surface area (Å²) in [5, 5.41) is 3.34. The van der Waals surface area contributed by atoms with E-state index in [1.807, 2.05) is 36.1 Å². The average molecular weight is 412 g/mol. The molecule has 2 aliphatic rings. The van der Waals surface area contributed by atoms with Crippen molar-refractivity contribution in [2.75, 3.05) is 19.7 Å². The third-order valence-corrected chi connectivity index (χ3v) is 6.34. The first-order valence-electron chi connectivity index (χ1n) is 11.2. The van der Waals surface area contributed by atoms with Crippen molar-refractivity contribution in [2.45, 2.75) is 51.1 Å². The number of aryl methyl sites for hydroxylation is 1. The van der Waals surface area contributed by atoms with Crippen molar-refractivity contribution >= 4 is 5.91 Å². The van der Waals surface area contributed by atoms with E-state index in [4.69, 9.17) is 4.74 Å². The number of piperidine rings is 1. The fourth-order valence-corrected chi connectivity index (χ4v) is 4.70. The Morgan fingerprint density at radius 1 is 1.23 bits per heavy atom. The van der Waals surface area contributed by atoms with E-state index in [0.29, 0.717) is 18.6 Å². The number of nitrogens with one attached hydrogen (secondary N) is 1. The molecule has 2 atom stereocenters. The second-order valence-corrected chi connectivity index (χ2v) is 8.79. The highest BCUT2D eigenvalue weighted by atomic mass is 16.5. The molecule has 2 aromatic heterocycles. The van der Waals surface area contributed by atoms with Crippen molar-refractivity contribution in [3.8, 4) is 5.75 Å². The number of pyridine rings is 1. The highest BCUT2D eigenvalue weighted by Crippen LogP contribution is 2.26. The Kier molecular flexibility index (Phi) is 7.00. The maximum atomic E-state index is 13.1. The molecule has 1 aliphatic heterocycles. The van der Waals surface area contributed by atoms with E-state index in [1.54, 1.807) is 12.4 Å². The number of imidazole rings is 1. The van der Waals surface area contributed by atoms with Crippen LogP contribution in [-0.2, 0) is 18.4 Å². The summed E-state index contributed by atoms with van der Waals surface area (Å²) in [4.78, 5) is 24.0. The number of carbonyl (C=O) groups excluding carboxylic acids is 1. The van der Waals surface area contributed by atoms with E-state index in [-0.39, 0.29) is 11.8 Å². The van der Waals surface area contributed by atoms with Crippen molar-refractivity contribution in [1.82, 2.24) is 24.8 Å². The van der Waals surface area contributed by atoms with Crippen LogP contribution in [0.5, 0.6) is 5.75 Å². The molecule has 0 aromatic carbocycles. The van der Waals surface area contributed by atoms with Gasteiger partial charge in [-0.3, -0.25) is 14.7 Å². The highest BCUT2D eigenvalue weighted by Gasteiger charge is 2.33. The first-order valence-corrected chi connectivity index (χ1v) is 11.2. The van der Waals surface area contributed by atoms with Crippen LogP contribution in [0, 0.1) is 11.8 Å². The molecule has 0 spiro atoms. The van der Waals surface area contributed by atoms with Gasteiger partial charge in [0.1, 0.15) is 11.6 Å². The largest absolute Gasteiger partial charge is 0.492 e. The maximum Gasteiger partial charge on any atom is 0.224 e. The van der Waals surface area contributed by atoms with Gasteiger partial charge in [0.25, 0.3) is 0 Å². The molecule has 1 amide bonds. The number of rotatable bonds is 7. The quantitative estimate of drug-likeness (QED) is 0.759. The summed E-state index contributed by atoms with van der Waals surface area (Å²) in [6, 6.07) is 4.15. The predicted molar refractivity (Wildman–Crippen MR) is 115 cm³/mol. The SMILES string of the molecule is Cn1ccnc1CN1C[C@@H](COc2cccnc2)C[C@@H](C(=O)NC2CCCCC2)C1. The Hall–Kier alpha value is -2.41. The van der Waals surface area contributed by atoms with Crippen molar-refractivity contribution in [3.63, 3.8) is 0 Å². The summed E-state index contributed by atoms with van der Waals surface area (Å²) in [5.74, 6) is 2.29. The molecule has 1 saturated heterocycles. The van der Waals surface area contributed by atoms with Gasteiger partial charge in [-0.2, -0.15) is 0 Å². The van der Waals surface area contributed by atoms with E-state index < -0.39 is 0 Å². The van der Waals surface area contributed by atoms with E-state index in [1.165, 1.54) is 19.3 Å². The lowest BCUT2D eigenvalue weighted by Crippen LogP contribution is -2.49. The molecule has 0 unspecified atom stereocenters. The van der Waals surface area contributed by atoms with E-state index >= 15 is 0 Å². The number of nitrogens with zero attached hydrogens (tertiary/aromatic N) is 4. The molecule has 2 fully saturated rings. The standard InChI is InChI=1S/C23H33N5O2/c1-27-11-10-25-22(27)16-28-14-18(17-30-21-8-5-9-24-13-21)12-19(15-28)23(29)26-20-6-3-2-4-7-20/h5,8-11,13,18-20H,2-4,6-7,12,14-17H2,1H3,(H,26,29)/t18-,19+/m0/s1.